The average Bonchev–Trinajstić information content (AvgIpc) is 2.72. The smallest absolute Gasteiger partial charge is 0.0439 e. The summed E-state index contributed by atoms with van der Waals surface area (Å²) in [7, 11) is 0. The Kier molecular flexibility index (Phi) is 3.19. The number of hydrogen-bond acceptors (Lipinski definition) is 1. The maximum absolute atomic E-state index is 2.46. The van der Waals surface area contributed by atoms with E-state index in [9.17, 15) is 0 Å². The third-order valence-corrected chi connectivity index (χ3v) is 4.45. The molecule has 0 atom stereocenters. The second kappa shape index (κ2) is 5.34. The van der Waals surface area contributed by atoms with E-state index in [2.05, 4.69) is 84.6 Å². The van der Waals surface area contributed by atoms with Crippen LogP contribution in [-0.2, 0) is 13.1 Å². The first kappa shape index (κ1) is 13.1. The van der Waals surface area contributed by atoms with E-state index in [1.165, 1.54) is 33.5 Å². The highest BCUT2D eigenvalue weighted by Crippen LogP contribution is 2.34. The van der Waals surface area contributed by atoms with Gasteiger partial charge in [-0.1, -0.05) is 66.2 Å². The van der Waals surface area contributed by atoms with Gasteiger partial charge in [-0.15, -0.1) is 0 Å². The number of aryl methyl sites for hydroxylation is 1. The molecule has 4 rings (SSSR count). The summed E-state index contributed by atoms with van der Waals surface area (Å²) in [5.74, 6) is 0. The minimum Gasteiger partial charge on any atom is -0.363 e. The van der Waals surface area contributed by atoms with Gasteiger partial charge in [-0.25, -0.2) is 0 Å². The van der Waals surface area contributed by atoms with Gasteiger partial charge in [0.15, 0.2) is 0 Å². The lowest BCUT2D eigenvalue weighted by molar-refractivity contribution is 0.812. The van der Waals surface area contributed by atoms with Crippen molar-refractivity contribution in [2.75, 3.05) is 4.90 Å². The van der Waals surface area contributed by atoms with Crippen molar-refractivity contribution in [1.29, 1.82) is 0 Å². The molecular formula is C21H19N. The molecule has 0 bridgehead atoms. The zero-order chi connectivity index (χ0) is 14.9. The van der Waals surface area contributed by atoms with Gasteiger partial charge in [0.2, 0.25) is 0 Å². The molecule has 0 N–H and O–H groups in total. The molecule has 3 aromatic rings. The lowest BCUT2D eigenvalue weighted by Gasteiger charge is -2.24. The van der Waals surface area contributed by atoms with E-state index in [-0.39, 0.29) is 0 Å². The van der Waals surface area contributed by atoms with Crippen molar-refractivity contribution < 1.29 is 0 Å². The first-order valence-electron chi connectivity index (χ1n) is 7.79. The summed E-state index contributed by atoms with van der Waals surface area (Å²) in [6.07, 6.45) is 0. The molecular weight excluding hydrogens is 266 g/mol. The van der Waals surface area contributed by atoms with Crippen LogP contribution in [0.25, 0.3) is 11.1 Å². The molecule has 0 spiro atoms. The van der Waals surface area contributed by atoms with E-state index in [0.717, 1.165) is 13.1 Å². The maximum atomic E-state index is 2.46. The minimum atomic E-state index is 0.952. The van der Waals surface area contributed by atoms with Gasteiger partial charge in [-0.2, -0.15) is 0 Å². The molecule has 0 amide bonds. The molecule has 22 heavy (non-hydrogen) atoms. The van der Waals surface area contributed by atoms with Gasteiger partial charge in [0.05, 0.1) is 0 Å². The van der Waals surface area contributed by atoms with Gasteiger partial charge < -0.3 is 4.90 Å². The quantitative estimate of drug-likeness (QED) is 0.595. The Labute approximate surface area is 131 Å². The lowest BCUT2D eigenvalue weighted by Crippen LogP contribution is -2.20. The molecule has 0 fully saturated rings. The fourth-order valence-corrected chi connectivity index (χ4v) is 3.25. The normalized spacial score (nSPS) is 13.2. The van der Waals surface area contributed by atoms with E-state index < -0.39 is 0 Å². The lowest BCUT2D eigenvalue weighted by atomic mass is 9.97. The summed E-state index contributed by atoms with van der Waals surface area (Å²) < 4.78 is 0. The van der Waals surface area contributed by atoms with Crippen LogP contribution in [0.1, 0.15) is 16.7 Å². The van der Waals surface area contributed by atoms with Crippen LogP contribution in [-0.4, -0.2) is 0 Å². The topological polar surface area (TPSA) is 3.24 Å². The Balaban J connectivity index is 1.84. The molecule has 1 heterocycles. The van der Waals surface area contributed by atoms with Crippen molar-refractivity contribution in [3.8, 4) is 11.1 Å². The van der Waals surface area contributed by atoms with Crippen molar-refractivity contribution in [2.45, 2.75) is 20.0 Å². The Morgan fingerprint density at radius 2 is 1.14 bits per heavy atom. The number of anilines is 1. The summed E-state index contributed by atoms with van der Waals surface area (Å²) in [6.45, 7) is 4.04. The van der Waals surface area contributed by atoms with Crippen LogP contribution in [0.2, 0.25) is 0 Å². The number of benzene rings is 3. The van der Waals surface area contributed by atoms with E-state index in [0.29, 0.717) is 0 Å². The zero-order valence-electron chi connectivity index (χ0n) is 12.8. The fourth-order valence-electron chi connectivity index (χ4n) is 3.25. The number of rotatable bonds is 1. The van der Waals surface area contributed by atoms with Gasteiger partial charge in [0, 0.05) is 18.8 Å². The highest BCUT2D eigenvalue weighted by molar-refractivity contribution is 5.73. The average molecular weight is 285 g/mol. The van der Waals surface area contributed by atoms with Crippen LogP contribution in [0.4, 0.5) is 5.69 Å². The summed E-state index contributed by atoms with van der Waals surface area (Å²) in [4.78, 5) is 2.46. The summed E-state index contributed by atoms with van der Waals surface area (Å²) in [5.41, 5.74) is 8.12. The van der Waals surface area contributed by atoms with Crippen LogP contribution in [0.5, 0.6) is 0 Å². The van der Waals surface area contributed by atoms with Crippen molar-refractivity contribution in [3.63, 3.8) is 0 Å². The van der Waals surface area contributed by atoms with Crippen molar-refractivity contribution in [2.24, 2.45) is 0 Å². The molecule has 108 valence electrons. The zero-order valence-corrected chi connectivity index (χ0v) is 12.8. The van der Waals surface area contributed by atoms with E-state index in [4.69, 9.17) is 0 Å². The first-order chi connectivity index (χ1) is 10.8. The van der Waals surface area contributed by atoms with Gasteiger partial charge in [-0.05, 0) is 41.3 Å². The molecule has 0 aliphatic carbocycles. The number of nitrogens with zero attached hydrogens (tertiary/aromatic N) is 1. The van der Waals surface area contributed by atoms with Gasteiger partial charge >= 0.3 is 0 Å². The van der Waals surface area contributed by atoms with Crippen molar-refractivity contribution >= 4 is 5.69 Å². The summed E-state index contributed by atoms with van der Waals surface area (Å²) >= 11 is 0. The highest BCUT2D eigenvalue weighted by atomic mass is 15.1. The predicted molar refractivity (Wildman–Crippen MR) is 92.9 cm³/mol. The third kappa shape index (κ3) is 2.29. The predicted octanol–water partition coefficient (Wildman–Crippen LogP) is 5.18. The van der Waals surface area contributed by atoms with E-state index in [1.807, 2.05) is 0 Å². The molecule has 1 nitrogen and oxygen atoms in total. The third-order valence-electron chi connectivity index (χ3n) is 4.45. The Morgan fingerprint density at radius 1 is 0.636 bits per heavy atom. The standard InChI is InChI=1S/C21H19N/c1-16-10-12-19(13-11-16)22-14-17-6-2-4-8-20(17)21-9-5-3-7-18(21)15-22/h2-13H,14-15H2,1H3. The van der Waals surface area contributed by atoms with Crippen molar-refractivity contribution in [3.05, 3.63) is 89.5 Å². The molecule has 1 heteroatoms. The highest BCUT2D eigenvalue weighted by Gasteiger charge is 2.18. The monoisotopic (exact) mass is 285 g/mol. The van der Waals surface area contributed by atoms with E-state index >= 15 is 0 Å². The van der Waals surface area contributed by atoms with Crippen LogP contribution >= 0.6 is 0 Å². The fraction of sp³-hybridized carbons (Fsp3) is 0.143. The van der Waals surface area contributed by atoms with Gasteiger partial charge in [-0.3, -0.25) is 0 Å². The van der Waals surface area contributed by atoms with Crippen LogP contribution in [0, 0.1) is 6.92 Å². The Morgan fingerprint density at radius 3 is 1.68 bits per heavy atom. The second-order valence-electron chi connectivity index (χ2n) is 6.01. The second-order valence-corrected chi connectivity index (χ2v) is 6.01. The molecule has 0 radical (unpaired) electrons. The van der Waals surface area contributed by atoms with E-state index in [1.54, 1.807) is 0 Å². The number of fused-ring (bicyclic) bond motifs is 3. The maximum Gasteiger partial charge on any atom is 0.0439 e. The first-order valence-corrected chi connectivity index (χ1v) is 7.79. The molecule has 0 unspecified atom stereocenters. The number of hydrogen-bond donors (Lipinski definition) is 0. The van der Waals surface area contributed by atoms with Crippen molar-refractivity contribution in [1.82, 2.24) is 0 Å². The minimum absolute atomic E-state index is 0.952. The largest absolute Gasteiger partial charge is 0.363 e. The SMILES string of the molecule is Cc1ccc(N2Cc3ccccc3-c3ccccc3C2)cc1. The molecule has 0 saturated carbocycles. The van der Waals surface area contributed by atoms with Gasteiger partial charge in [0.25, 0.3) is 0 Å². The van der Waals surface area contributed by atoms with Crippen LogP contribution in [0.15, 0.2) is 72.8 Å². The molecule has 0 aromatic heterocycles. The molecule has 1 aliphatic heterocycles. The molecule has 3 aromatic carbocycles. The summed E-state index contributed by atoms with van der Waals surface area (Å²) in [5, 5.41) is 0. The summed E-state index contributed by atoms with van der Waals surface area (Å²) in [6, 6.07) is 26.4. The Bertz CT molecular complexity index is 755. The van der Waals surface area contributed by atoms with Gasteiger partial charge in [0.1, 0.15) is 0 Å². The molecule has 1 aliphatic rings. The Hall–Kier alpha value is -2.54. The van der Waals surface area contributed by atoms with Crippen LogP contribution in [0.3, 0.4) is 0 Å². The molecule has 0 saturated heterocycles. The van der Waals surface area contributed by atoms with Crippen LogP contribution < -0.4 is 4.90 Å².